The van der Waals surface area contributed by atoms with Crippen molar-refractivity contribution in [1.82, 2.24) is 10.2 Å². The lowest BCUT2D eigenvalue weighted by molar-refractivity contribution is -0.120. The fourth-order valence-electron chi connectivity index (χ4n) is 4.37. The van der Waals surface area contributed by atoms with Gasteiger partial charge in [0.25, 0.3) is 5.91 Å². The first kappa shape index (κ1) is 23.6. The van der Waals surface area contributed by atoms with Crippen LogP contribution < -0.4 is 10.6 Å². The average Bonchev–Trinajstić information content (AvgIpc) is 3.58. The van der Waals surface area contributed by atoms with Crippen molar-refractivity contribution in [1.29, 1.82) is 0 Å². The number of benzene rings is 3. The molecule has 2 fully saturated rings. The Morgan fingerprint density at radius 1 is 0.861 bits per heavy atom. The summed E-state index contributed by atoms with van der Waals surface area (Å²) in [6.07, 6.45) is 2.97. The summed E-state index contributed by atoms with van der Waals surface area (Å²) < 4.78 is 5.45. The van der Waals surface area contributed by atoms with E-state index in [1.54, 1.807) is 0 Å². The topological polar surface area (TPSA) is 87.7 Å². The second-order valence-electron chi connectivity index (χ2n) is 9.29. The molecule has 1 saturated heterocycles. The highest BCUT2D eigenvalue weighted by atomic mass is 16.6. The molecule has 1 saturated carbocycles. The molecule has 1 atom stereocenters. The molecule has 36 heavy (non-hydrogen) atoms. The third kappa shape index (κ3) is 5.74. The van der Waals surface area contributed by atoms with Crippen molar-refractivity contribution in [2.75, 3.05) is 11.9 Å². The maximum atomic E-state index is 13.1. The Bertz CT molecular complexity index is 1240. The lowest BCUT2D eigenvalue weighted by Crippen LogP contribution is -2.43. The summed E-state index contributed by atoms with van der Waals surface area (Å²) in [5.41, 5.74) is 4.06. The van der Waals surface area contributed by atoms with Gasteiger partial charge >= 0.3 is 6.09 Å². The number of rotatable bonds is 7. The number of hydrogen-bond donors (Lipinski definition) is 2. The standard InChI is InChI=1S/C29H29N3O4/c33-27(30-24-15-16-24)22-13-11-21(12-14-22)23-8-4-9-25(18-23)31-28(34)26-10-5-17-32(26)29(35)36-19-20-6-2-1-3-7-20/h1-4,6-9,11-14,18,24,26H,5,10,15-17,19H2,(H,30,33)(H,31,34). The third-order valence-electron chi connectivity index (χ3n) is 6.52. The lowest BCUT2D eigenvalue weighted by Gasteiger charge is -2.23. The molecule has 1 aliphatic carbocycles. The van der Waals surface area contributed by atoms with Gasteiger partial charge in [0.15, 0.2) is 0 Å². The molecule has 1 aliphatic heterocycles. The predicted molar refractivity (Wildman–Crippen MR) is 137 cm³/mol. The number of amides is 3. The molecule has 3 amide bonds. The Labute approximate surface area is 210 Å². The molecule has 1 unspecified atom stereocenters. The SMILES string of the molecule is O=C(NC1CC1)c1ccc(-c2cccc(NC(=O)C3CCCN3C(=O)OCc3ccccc3)c2)cc1. The maximum absolute atomic E-state index is 13.1. The largest absolute Gasteiger partial charge is 0.445 e. The molecule has 7 nitrogen and oxygen atoms in total. The first-order valence-corrected chi connectivity index (χ1v) is 12.4. The van der Waals surface area contributed by atoms with Crippen LogP contribution in [0.15, 0.2) is 78.9 Å². The molecule has 0 bridgehead atoms. The van der Waals surface area contributed by atoms with Gasteiger partial charge < -0.3 is 15.4 Å². The van der Waals surface area contributed by atoms with Gasteiger partial charge in [0.2, 0.25) is 5.91 Å². The smallest absolute Gasteiger partial charge is 0.410 e. The van der Waals surface area contributed by atoms with Gasteiger partial charge in [-0.25, -0.2) is 4.79 Å². The minimum atomic E-state index is -0.568. The van der Waals surface area contributed by atoms with Crippen LogP contribution in [0.4, 0.5) is 10.5 Å². The number of hydrogen-bond acceptors (Lipinski definition) is 4. The zero-order valence-corrected chi connectivity index (χ0v) is 20.0. The van der Waals surface area contributed by atoms with Crippen molar-refractivity contribution >= 4 is 23.6 Å². The van der Waals surface area contributed by atoms with E-state index >= 15 is 0 Å². The van der Waals surface area contributed by atoms with Crippen LogP contribution in [0, 0.1) is 0 Å². The Balaban J connectivity index is 1.20. The van der Waals surface area contributed by atoms with Gasteiger partial charge in [-0.3, -0.25) is 14.5 Å². The van der Waals surface area contributed by atoms with Crippen molar-refractivity contribution in [3.05, 3.63) is 90.0 Å². The molecule has 7 heteroatoms. The van der Waals surface area contributed by atoms with E-state index in [1.807, 2.05) is 78.9 Å². The van der Waals surface area contributed by atoms with E-state index in [4.69, 9.17) is 4.74 Å². The number of carbonyl (C=O) groups is 3. The van der Waals surface area contributed by atoms with E-state index in [2.05, 4.69) is 10.6 Å². The van der Waals surface area contributed by atoms with Crippen LogP contribution in [0.1, 0.15) is 41.6 Å². The third-order valence-corrected chi connectivity index (χ3v) is 6.52. The van der Waals surface area contributed by atoms with Crippen molar-refractivity contribution in [3.8, 4) is 11.1 Å². The zero-order chi connectivity index (χ0) is 24.9. The number of nitrogens with zero attached hydrogens (tertiary/aromatic N) is 1. The second kappa shape index (κ2) is 10.6. The summed E-state index contributed by atoms with van der Waals surface area (Å²) in [5, 5.41) is 5.95. The van der Waals surface area contributed by atoms with Gasteiger partial charge in [0, 0.05) is 23.8 Å². The van der Waals surface area contributed by atoms with Gasteiger partial charge in [-0.15, -0.1) is 0 Å². The highest BCUT2D eigenvalue weighted by Crippen LogP contribution is 2.26. The van der Waals surface area contributed by atoms with Crippen molar-refractivity contribution in [2.24, 2.45) is 0 Å². The molecule has 3 aromatic rings. The summed E-state index contributed by atoms with van der Waals surface area (Å²) in [7, 11) is 0. The fraction of sp³-hybridized carbons (Fsp3) is 0.276. The van der Waals surface area contributed by atoms with Gasteiger partial charge in [0.05, 0.1) is 0 Å². The summed E-state index contributed by atoms with van der Waals surface area (Å²) in [4.78, 5) is 39.5. The van der Waals surface area contributed by atoms with Crippen LogP contribution in [-0.2, 0) is 16.1 Å². The van der Waals surface area contributed by atoms with Crippen molar-refractivity contribution < 1.29 is 19.1 Å². The van der Waals surface area contributed by atoms with Crippen LogP contribution in [0.2, 0.25) is 0 Å². The van der Waals surface area contributed by atoms with Crippen LogP contribution in [0.5, 0.6) is 0 Å². The molecular weight excluding hydrogens is 454 g/mol. The maximum Gasteiger partial charge on any atom is 0.410 e. The molecule has 0 spiro atoms. The van der Waals surface area contributed by atoms with Gasteiger partial charge in [-0.1, -0.05) is 54.6 Å². The highest BCUT2D eigenvalue weighted by Gasteiger charge is 2.35. The summed E-state index contributed by atoms with van der Waals surface area (Å²) in [6.45, 7) is 0.667. The predicted octanol–water partition coefficient (Wildman–Crippen LogP) is 4.99. The van der Waals surface area contributed by atoms with Crippen LogP contribution in [0.25, 0.3) is 11.1 Å². The minimum absolute atomic E-state index is 0.0477. The number of nitrogens with one attached hydrogen (secondary N) is 2. The molecule has 5 rings (SSSR count). The molecule has 1 heterocycles. The van der Waals surface area contributed by atoms with Crippen LogP contribution in [0.3, 0.4) is 0 Å². The monoisotopic (exact) mass is 483 g/mol. The van der Waals surface area contributed by atoms with Crippen molar-refractivity contribution in [2.45, 2.75) is 44.4 Å². The van der Waals surface area contributed by atoms with Gasteiger partial charge in [-0.05, 0) is 66.6 Å². The Morgan fingerprint density at radius 3 is 2.39 bits per heavy atom. The minimum Gasteiger partial charge on any atom is -0.445 e. The number of likely N-dealkylation sites (tertiary alicyclic amines) is 1. The number of carbonyl (C=O) groups excluding carboxylic acids is 3. The average molecular weight is 484 g/mol. The Morgan fingerprint density at radius 2 is 1.64 bits per heavy atom. The quantitative estimate of drug-likeness (QED) is 0.496. The normalized spacial score (nSPS) is 16.9. The zero-order valence-electron chi connectivity index (χ0n) is 20.0. The second-order valence-corrected chi connectivity index (χ2v) is 9.29. The Kier molecular flexibility index (Phi) is 6.98. The molecule has 3 aromatic carbocycles. The van der Waals surface area contributed by atoms with E-state index in [0.717, 1.165) is 36.0 Å². The molecule has 0 aromatic heterocycles. The van der Waals surface area contributed by atoms with Crippen LogP contribution in [-0.4, -0.2) is 41.4 Å². The Hall–Kier alpha value is -4.13. The molecule has 184 valence electrons. The van der Waals surface area contributed by atoms with Crippen molar-refractivity contribution in [3.63, 3.8) is 0 Å². The number of ether oxygens (including phenoxy) is 1. The molecule has 2 N–H and O–H groups in total. The summed E-state index contributed by atoms with van der Waals surface area (Å²) in [6, 6.07) is 24.2. The van der Waals surface area contributed by atoms with E-state index in [9.17, 15) is 14.4 Å². The van der Waals surface area contributed by atoms with E-state index in [1.165, 1.54) is 4.90 Å². The lowest BCUT2D eigenvalue weighted by atomic mass is 10.0. The fourth-order valence-corrected chi connectivity index (χ4v) is 4.37. The summed E-state index contributed by atoms with van der Waals surface area (Å²) in [5.74, 6) is -0.276. The molecule has 2 aliphatic rings. The molecular formula is C29H29N3O4. The van der Waals surface area contributed by atoms with E-state index in [-0.39, 0.29) is 18.4 Å². The van der Waals surface area contributed by atoms with E-state index in [0.29, 0.717) is 30.3 Å². The summed E-state index contributed by atoms with van der Waals surface area (Å²) >= 11 is 0. The van der Waals surface area contributed by atoms with Gasteiger partial charge in [0.1, 0.15) is 12.6 Å². The van der Waals surface area contributed by atoms with Gasteiger partial charge in [-0.2, -0.15) is 0 Å². The first-order valence-electron chi connectivity index (χ1n) is 12.4. The number of anilines is 1. The highest BCUT2D eigenvalue weighted by molar-refractivity contribution is 5.97. The molecule has 0 radical (unpaired) electrons. The van der Waals surface area contributed by atoms with E-state index < -0.39 is 12.1 Å². The first-order chi connectivity index (χ1) is 17.6. The van der Waals surface area contributed by atoms with Crippen LogP contribution >= 0.6 is 0 Å².